The number of H-pyrrole nitrogens is 2. The summed E-state index contributed by atoms with van der Waals surface area (Å²) in [5, 5.41) is 44.7. The van der Waals surface area contributed by atoms with Gasteiger partial charge in [0.05, 0.1) is 40.2 Å². The number of nitro benzene ring substituents is 1. The van der Waals surface area contributed by atoms with Crippen LogP contribution in [0.5, 0.6) is 0 Å². The Labute approximate surface area is 310 Å². The lowest BCUT2D eigenvalue weighted by Crippen LogP contribution is -2.31. The number of halogens is 3. The highest BCUT2D eigenvalue weighted by atomic mass is 35.5. The molecule has 0 spiro atoms. The summed E-state index contributed by atoms with van der Waals surface area (Å²) >= 11 is 12.5. The number of aromatic nitrogens is 5. The molecule has 2 amide bonds. The number of aliphatic hydroxyl groups is 1. The minimum atomic E-state index is -0.808. The second kappa shape index (κ2) is 16.7. The molecule has 0 fully saturated rings. The van der Waals surface area contributed by atoms with Gasteiger partial charge in [-0.1, -0.05) is 47.8 Å². The lowest BCUT2D eigenvalue weighted by atomic mass is 10.0. The normalized spacial score (nSPS) is 11.8. The minimum Gasteiger partial charge on any atom is -0.394 e. The van der Waals surface area contributed by atoms with Gasteiger partial charge in [-0.05, 0) is 70.2 Å². The molecule has 0 aliphatic carbocycles. The summed E-state index contributed by atoms with van der Waals surface area (Å²) in [5.74, 6) is -1.20. The Kier molecular flexibility index (Phi) is 11.6. The number of non-ortho nitro benzene ring substituents is 1. The number of benzene rings is 3. The topological polar surface area (TPSA) is 217 Å². The van der Waals surface area contributed by atoms with Crippen molar-refractivity contribution in [2.24, 2.45) is 0 Å². The van der Waals surface area contributed by atoms with E-state index in [1.165, 1.54) is 24.3 Å². The molecule has 53 heavy (non-hydrogen) atoms. The standard InChI is InChI=1S/C35H32Cl2FN9O6/c36-24-12-19(23-17-42-44-32(23)22-14-28(40-16-22)35(50)43-29(18-48)20-7-8-26(38)25(37)13-20)5-6-21(24)15-41-31(49)4-2-1-3-11-39-27-9-10-30(47(51)52)34-33(27)45-53-46-34/h5-10,12-14,16-17,29,39-40,48H,1-4,11,15,18H2,(H,41,49)(H,42,44)(H,43,50)/t29-/m1/s1. The summed E-state index contributed by atoms with van der Waals surface area (Å²) < 4.78 is 18.3. The van der Waals surface area contributed by atoms with Crippen molar-refractivity contribution in [3.05, 3.63) is 110 Å². The number of carbonyl (C=O) groups is 2. The number of hydrogen-bond acceptors (Lipinski definition) is 10. The summed E-state index contributed by atoms with van der Waals surface area (Å²) in [6.07, 6.45) is 5.82. The van der Waals surface area contributed by atoms with Gasteiger partial charge in [-0.15, -0.1) is 0 Å². The van der Waals surface area contributed by atoms with E-state index < -0.39 is 29.3 Å². The van der Waals surface area contributed by atoms with Crippen LogP contribution in [0.25, 0.3) is 33.4 Å². The van der Waals surface area contributed by atoms with Crippen LogP contribution in [0, 0.1) is 15.9 Å². The second-order valence-corrected chi connectivity index (χ2v) is 12.8. The summed E-state index contributed by atoms with van der Waals surface area (Å²) in [6, 6.07) is 13.2. The number of hydrogen-bond donors (Lipinski definition) is 6. The van der Waals surface area contributed by atoms with Gasteiger partial charge in [0.1, 0.15) is 11.5 Å². The zero-order valence-corrected chi connectivity index (χ0v) is 29.3. The van der Waals surface area contributed by atoms with Crippen molar-refractivity contribution < 1.29 is 28.6 Å². The van der Waals surface area contributed by atoms with Crippen molar-refractivity contribution in [1.29, 1.82) is 0 Å². The minimum absolute atomic E-state index is 0.0819. The Morgan fingerprint density at radius 1 is 1.00 bits per heavy atom. The number of carbonyl (C=O) groups excluding carboxylic acids is 2. The van der Waals surface area contributed by atoms with E-state index >= 15 is 0 Å². The molecule has 0 unspecified atom stereocenters. The number of aromatic amines is 2. The van der Waals surface area contributed by atoms with Crippen LogP contribution in [0.1, 0.15) is 53.3 Å². The number of amides is 2. The largest absolute Gasteiger partial charge is 0.394 e. The molecular formula is C35H32Cl2FN9O6. The van der Waals surface area contributed by atoms with Crippen LogP contribution < -0.4 is 16.0 Å². The monoisotopic (exact) mass is 763 g/mol. The molecular weight excluding hydrogens is 732 g/mol. The van der Waals surface area contributed by atoms with Crippen LogP contribution in [0.3, 0.4) is 0 Å². The van der Waals surface area contributed by atoms with Crippen molar-refractivity contribution in [3.8, 4) is 22.4 Å². The third kappa shape index (κ3) is 8.63. The van der Waals surface area contributed by atoms with E-state index in [4.69, 9.17) is 23.2 Å². The Balaban J connectivity index is 0.974. The predicted octanol–water partition coefficient (Wildman–Crippen LogP) is 6.71. The van der Waals surface area contributed by atoms with Crippen LogP contribution in [0.15, 0.2) is 71.6 Å². The van der Waals surface area contributed by atoms with Gasteiger partial charge in [0.2, 0.25) is 11.4 Å². The molecule has 3 aromatic carbocycles. The molecule has 3 heterocycles. The molecule has 0 saturated heterocycles. The van der Waals surface area contributed by atoms with E-state index in [9.17, 15) is 29.2 Å². The van der Waals surface area contributed by atoms with Crippen LogP contribution in [-0.2, 0) is 11.3 Å². The maximum Gasteiger partial charge on any atom is 0.300 e. The molecule has 6 aromatic rings. The van der Waals surface area contributed by atoms with E-state index in [0.29, 0.717) is 46.9 Å². The number of aliphatic hydroxyl groups excluding tert-OH is 1. The fourth-order valence-corrected chi connectivity index (χ4v) is 6.12. The van der Waals surface area contributed by atoms with Gasteiger partial charge in [0.15, 0.2) is 5.52 Å². The summed E-state index contributed by atoms with van der Waals surface area (Å²) in [7, 11) is 0. The summed E-state index contributed by atoms with van der Waals surface area (Å²) in [5.41, 5.74) is 4.95. The number of nitrogens with one attached hydrogen (secondary N) is 5. The molecule has 3 aromatic heterocycles. The molecule has 0 radical (unpaired) electrons. The maximum absolute atomic E-state index is 13.6. The van der Waals surface area contributed by atoms with Crippen LogP contribution in [0.2, 0.25) is 10.0 Å². The lowest BCUT2D eigenvalue weighted by molar-refractivity contribution is -0.383. The number of nitro groups is 1. The molecule has 0 aliphatic rings. The zero-order chi connectivity index (χ0) is 37.5. The van der Waals surface area contributed by atoms with Gasteiger partial charge < -0.3 is 26.0 Å². The van der Waals surface area contributed by atoms with Gasteiger partial charge in [-0.2, -0.15) is 5.10 Å². The third-order valence-corrected chi connectivity index (χ3v) is 9.16. The Bertz CT molecular complexity index is 2270. The predicted molar refractivity (Wildman–Crippen MR) is 195 cm³/mol. The fourth-order valence-electron chi connectivity index (χ4n) is 5.69. The quantitative estimate of drug-likeness (QED) is 0.0348. The van der Waals surface area contributed by atoms with Crippen LogP contribution >= 0.6 is 23.2 Å². The first-order chi connectivity index (χ1) is 25.6. The summed E-state index contributed by atoms with van der Waals surface area (Å²) in [6.45, 7) is 0.393. The van der Waals surface area contributed by atoms with E-state index in [0.717, 1.165) is 29.5 Å². The van der Waals surface area contributed by atoms with E-state index in [2.05, 4.69) is 46.1 Å². The molecule has 0 aliphatic heterocycles. The Morgan fingerprint density at radius 2 is 1.83 bits per heavy atom. The first kappa shape index (κ1) is 36.9. The average molecular weight is 765 g/mol. The average Bonchev–Trinajstić information content (AvgIpc) is 3.94. The van der Waals surface area contributed by atoms with E-state index in [1.807, 2.05) is 12.1 Å². The molecule has 18 heteroatoms. The molecule has 6 rings (SSSR count). The Morgan fingerprint density at radius 3 is 2.60 bits per heavy atom. The number of anilines is 1. The first-order valence-electron chi connectivity index (χ1n) is 16.4. The number of fused-ring (bicyclic) bond motifs is 1. The molecule has 15 nitrogen and oxygen atoms in total. The van der Waals surface area contributed by atoms with Crippen molar-refractivity contribution >= 4 is 57.4 Å². The van der Waals surface area contributed by atoms with Crippen molar-refractivity contribution in [2.45, 2.75) is 38.3 Å². The number of unbranched alkanes of at least 4 members (excludes halogenated alkanes) is 2. The summed E-state index contributed by atoms with van der Waals surface area (Å²) in [4.78, 5) is 39.1. The van der Waals surface area contributed by atoms with Crippen molar-refractivity contribution in [1.82, 2.24) is 36.1 Å². The Hall–Kier alpha value is -5.84. The molecule has 274 valence electrons. The lowest BCUT2D eigenvalue weighted by Gasteiger charge is -2.16. The van der Waals surface area contributed by atoms with E-state index in [-0.39, 0.29) is 39.9 Å². The highest BCUT2D eigenvalue weighted by molar-refractivity contribution is 6.31. The highest BCUT2D eigenvalue weighted by Crippen LogP contribution is 2.33. The zero-order valence-electron chi connectivity index (χ0n) is 27.8. The van der Waals surface area contributed by atoms with Crippen LogP contribution in [0.4, 0.5) is 15.8 Å². The number of nitrogens with zero attached hydrogens (tertiary/aromatic N) is 4. The van der Waals surface area contributed by atoms with Gasteiger partial charge in [-0.25, -0.2) is 9.02 Å². The molecule has 1 atom stereocenters. The second-order valence-electron chi connectivity index (χ2n) is 12.0. The SMILES string of the molecule is O=C(CCCCCNc1ccc([N+](=O)[O-])c2nonc12)NCc1ccc(-c2cn[nH]c2-c2c[nH]c(C(=O)N[C@H](CO)c3ccc(F)c(Cl)c3)c2)cc1Cl. The third-order valence-electron chi connectivity index (χ3n) is 8.52. The molecule has 6 N–H and O–H groups in total. The number of rotatable bonds is 16. The van der Waals surface area contributed by atoms with Gasteiger partial charge >= 0.3 is 5.69 Å². The van der Waals surface area contributed by atoms with E-state index in [1.54, 1.807) is 30.6 Å². The molecule has 0 bridgehead atoms. The fraction of sp³-hybridized carbons (Fsp3) is 0.229. The molecule has 0 saturated carbocycles. The van der Waals surface area contributed by atoms with Crippen molar-refractivity contribution in [3.63, 3.8) is 0 Å². The van der Waals surface area contributed by atoms with Gasteiger partial charge in [0.25, 0.3) is 5.91 Å². The highest BCUT2D eigenvalue weighted by Gasteiger charge is 2.21. The van der Waals surface area contributed by atoms with Gasteiger partial charge in [0, 0.05) is 47.9 Å². The smallest absolute Gasteiger partial charge is 0.300 e. The maximum atomic E-state index is 13.6. The first-order valence-corrected chi connectivity index (χ1v) is 17.2. The van der Waals surface area contributed by atoms with Gasteiger partial charge in [-0.3, -0.25) is 24.8 Å². The van der Waals surface area contributed by atoms with Crippen LogP contribution in [-0.4, -0.2) is 60.5 Å². The van der Waals surface area contributed by atoms with Crippen molar-refractivity contribution in [2.75, 3.05) is 18.5 Å².